The van der Waals surface area contributed by atoms with Crippen LogP contribution in [0.2, 0.25) is 0 Å². The molecular formula is C12H13BrO2. The van der Waals surface area contributed by atoms with Crippen molar-refractivity contribution in [3.8, 4) is 5.75 Å². The molecule has 0 amide bonds. The van der Waals surface area contributed by atoms with Crippen LogP contribution < -0.4 is 4.74 Å². The summed E-state index contributed by atoms with van der Waals surface area (Å²) in [5.74, 6) is 0.564. The number of halogens is 1. The maximum Gasteiger partial charge on any atom is 0.189 e. The fourth-order valence-corrected chi connectivity index (χ4v) is 1.57. The van der Waals surface area contributed by atoms with Crippen LogP contribution in [0.5, 0.6) is 5.75 Å². The van der Waals surface area contributed by atoms with Crippen LogP contribution in [0.25, 0.3) is 0 Å². The molecule has 0 atom stereocenters. The number of carbonyl (C=O) groups excluding carboxylic acids is 1. The first-order valence-electron chi connectivity index (χ1n) is 4.57. The minimum Gasteiger partial charge on any atom is -0.496 e. The first-order chi connectivity index (χ1) is 7.04. The van der Waals surface area contributed by atoms with Gasteiger partial charge in [-0.15, -0.1) is 0 Å². The highest BCUT2D eigenvalue weighted by Crippen LogP contribution is 2.23. The van der Waals surface area contributed by atoms with E-state index in [1.165, 1.54) is 0 Å². The monoisotopic (exact) mass is 268 g/mol. The molecule has 1 rings (SSSR count). The quantitative estimate of drug-likeness (QED) is 0.619. The zero-order valence-corrected chi connectivity index (χ0v) is 10.6. The Kier molecular flexibility index (Phi) is 4.09. The van der Waals surface area contributed by atoms with Gasteiger partial charge in [0.15, 0.2) is 5.78 Å². The number of benzene rings is 1. The summed E-state index contributed by atoms with van der Waals surface area (Å²) in [5.41, 5.74) is 1.55. The molecule has 0 saturated carbocycles. The lowest BCUT2D eigenvalue weighted by Crippen LogP contribution is -1.99. The second-order valence-electron chi connectivity index (χ2n) is 3.43. The Balaban J connectivity index is 3.17. The highest BCUT2D eigenvalue weighted by molar-refractivity contribution is 9.10. The molecule has 0 heterocycles. The summed E-state index contributed by atoms with van der Waals surface area (Å²) < 4.78 is 6.00. The summed E-state index contributed by atoms with van der Waals surface area (Å²) in [6.07, 6.45) is 1.60. The van der Waals surface area contributed by atoms with Crippen LogP contribution in [0.4, 0.5) is 0 Å². The molecule has 1 aromatic rings. The molecule has 0 fully saturated rings. The first-order valence-corrected chi connectivity index (χ1v) is 5.36. The number of ether oxygens (including phenoxy) is 1. The fourth-order valence-electron chi connectivity index (χ4n) is 1.21. The predicted molar refractivity (Wildman–Crippen MR) is 64.5 cm³/mol. The molecule has 0 saturated heterocycles. The third-order valence-corrected chi connectivity index (χ3v) is 2.34. The first kappa shape index (κ1) is 12.0. The van der Waals surface area contributed by atoms with Gasteiger partial charge in [0.05, 0.1) is 12.7 Å². The maximum atomic E-state index is 11.8. The topological polar surface area (TPSA) is 26.3 Å². The van der Waals surface area contributed by atoms with Gasteiger partial charge < -0.3 is 4.74 Å². The molecule has 0 aliphatic carbocycles. The van der Waals surface area contributed by atoms with Crippen molar-refractivity contribution < 1.29 is 9.53 Å². The van der Waals surface area contributed by atoms with E-state index in [2.05, 4.69) is 15.9 Å². The van der Waals surface area contributed by atoms with E-state index in [1.807, 2.05) is 19.9 Å². The van der Waals surface area contributed by atoms with Crippen LogP contribution in [0.3, 0.4) is 0 Å². The molecule has 0 aromatic heterocycles. The van der Waals surface area contributed by atoms with E-state index in [4.69, 9.17) is 4.74 Å². The van der Waals surface area contributed by atoms with E-state index in [1.54, 1.807) is 25.3 Å². The number of hydrogen-bond donors (Lipinski definition) is 0. The summed E-state index contributed by atoms with van der Waals surface area (Å²) in [4.78, 5) is 11.8. The molecule has 1 aromatic carbocycles. The fraction of sp³-hybridized carbons (Fsp3) is 0.250. The summed E-state index contributed by atoms with van der Waals surface area (Å²) in [5, 5.41) is 0. The van der Waals surface area contributed by atoms with Gasteiger partial charge in [0.2, 0.25) is 0 Å². The average Bonchev–Trinajstić information content (AvgIpc) is 2.16. The van der Waals surface area contributed by atoms with Crippen molar-refractivity contribution in [2.24, 2.45) is 0 Å². The summed E-state index contributed by atoms with van der Waals surface area (Å²) in [7, 11) is 1.56. The van der Waals surface area contributed by atoms with Crippen LogP contribution in [0.15, 0.2) is 34.3 Å². The Morgan fingerprint density at radius 3 is 2.60 bits per heavy atom. The van der Waals surface area contributed by atoms with Gasteiger partial charge in [0, 0.05) is 4.47 Å². The predicted octanol–water partition coefficient (Wildman–Crippen LogP) is 3.61. The van der Waals surface area contributed by atoms with E-state index < -0.39 is 0 Å². The lowest BCUT2D eigenvalue weighted by Gasteiger charge is -2.06. The largest absolute Gasteiger partial charge is 0.496 e. The highest BCUT2D eigenvalue weighted by atomic mass is 79.9. The third kappa shape index (κ3) is 3.20. The molecule has 15 heavy (non-hydrogen) atoms. The number of allylic oxidation sites excluding steroid dienone is 2. The van der Waals surface area contributed by atoms with Crippen molar-refractivity contribution in [2.45, 2.75) is 13.8 Å². The van der Waals surface area contributed by atoms with Crippen LogP contribution in [-0.2, 0) is 0 Å². The van der Waals surface area contributed by atoms with Crippen molar-refractivity contribution in [1.82, 2.24) is 0 Å². The summed E-state index contributed by atoms with van der Waals surface area (Å²) in [6, 6.07) is 5.38. The SMILES string of the molecule is COc1ccc(Br)cc1C(=O)C=C(C)C. The average molecular weight is 269 g/mol. The molecule has 2 nitrogen and oxygen atoms in total. The smallest absolute Gasteiger partial charge is 0.189 e. The van der Waals surface area contributed by atoms with Crippen molar-refractivity contribution >= 4 is 21.7 Å². The van der Waals surface area contributed by atoms with Gasteiger partial charge in [0.1, 0.15) is 5.75 Å². The standard InChI is InChI=1S/C12H13BrO2/c1-8(2)6-11(14)10-7-9(13)4-5-12(10)15-3/h4-7H,1-3H3. The Morgan fingerprint density at radius 1 is 1.40 bits per heavy atom. The lowest BCUT2D eigenvalue weighted by molar-refractivity contribution is 0.104. The molecule has 0 N–H and O–H groups in total. The Labute approximate surface area is 98.1 Å². The summed E-state index contributed by atoms with van der Waals surface area (Å²) in [6.45, 7) is 3.78. The van der Waals surface area contributed by atoms with Gasteiger partial charge in [-0.1, -0.05) is 21.5 Å². The van der Waals surface area contributed by atoms with E-state index >= 15 is 0 Å². The molecule has 0 unspecified atom stereocenters. The molecule has 0 radical (unpaired) electrons. The number of hydrogen-bond acceptors (Lipinski definition) is 2. The van der Waals surface area contributed by atoms with Crippen LogP contribution in [0, 0.1) is 0 Å². The van der Waals surface area contributed by atoms with Crippen LogP contribution in [-0.4, -0.2) is 12.9 Å². The van der Waals surface area contributed by atoms with Gasteiger partial charge in [-0.05, 0) is 38.1 Å². The normalized spacial score (nSPS) is 9.60. The van der Waals surface area contributed by atoms with E-state index in [-0.39, 0.29) is 5.78 Å². The molecule has 3 heteroatoms. The second kappa shape index (κ2) is 5.12. The van der Waals surface area contributed by atoms with Crippen molar-refractivity contribution in [2.75, 3.05) is 7.11 Å². The molecular weight excluding hydrogens is 256 g/mol. The number of ketones is 1. The van der Waals surface area contributed by atoms with Crippen LogP contribution >= 0.6 is 15.9 Å². The number of carbonyl (C=O) groups is 1. The highest BCUT2D eigenvalue weighted by Gasteiger charge is 2.10. The summed E-state index contributed by atoms with van der Waals surface area (Å²) >= 11 is 3.33. The minimum absolute atomic E-state index is 0.0341. The second-order valence-corrected chi connectivity index (χ2v) is 4.35. The van der Waals surface area contributed by atoms with E-state index in [9.17, 15) is 4.79 Å². The van der Waals surface area contributed by atoms with E-state index in [0.717, 1.165) is 10.0 Å². The maximum absolute atomic E-state index is 11.8. The zero-order valence-electron chi connectivity index (χ0n) is 9.00. The molecule has 0 aliphatic rings. The minimum atomic E-state index is -0.0341. The molecule has 0 bridgehead atoms. The van der Waals surface area contributed by atoms with Crippen molar-refractivity contribution in [3.63, 3.8) is 0 Å². The lowest BCUT2D eigenvalue weighted by atomic mass is 10.1. The number of rotatable bonds is 3. The Hall–Kier alpha value is -1.09. The van der Waals surface area contributed by atoms with E-state index in [0.29, 0.717) is 11.3 Å². The van der Waals surface area contributed by atoms with Crippen molar-refractivity contribution in [3.05, 3.63) is 39.9 Å². The molecule has 0 aliphatic heterocycles. The molecule has 80 valence electrons. The Morgan fingerprint density at radius 2 is 2.07 bits per heavy atom. The van der Waals surface area contributed by atoms with Crippen LogP contribution in [0.1, 0.15) is 24.2 Å². The van der Waals surface area contributed by atoms with Gasteiger partial charge in [-0.3, -0.25) is 4.79 Å². The Bertz CT molecular complexity index is 404. The number of methoxy groups -OCH3 is 1. The van der Waals surface area contributed by atoms with Gasteiger partial charge in [-0.2, -0.15) is 0 Å². The van der Waals surface area contributed by atoms with Gasteiger partial charge in [0.25, 0.3) is 0 Å². The third-order valence-electron chi connectivity index (χ3n) is 1.85. The zero-order chi connectivity index (χ0) is 11.4. The molecule has 0 spiro atoms. The van der Waals surface area contributed by atoms with Crippen molar-refractivity contribution in [1.29, 1.82) is 0 Å². The van der Waals surface area contributed by atoms with Gasteiger partial charge >= 0.3 is 0 Å². The van der Waals surface area contributed by atoms with Gasteiger partial charge in [-0.25, -0.2) is 0 Å².